The molecule has 0 spiro atoms. The first kappa shape index (κ1) is 33.0. The minimum atomic E-state index is -0.462. The highest BCUT2D eigenvalue weighted by Crippen LogP contribution is 2.26. The summed E-state index contributed by atoms with van der Waals surface area (Å²) >= 11 is 0. The Bertz CT molecular complexity index is 1270. The molecule has 43 heavy (non-hydrogen) atoms. The van der Waals surface area contributed by atoms with Crippen LogP contribution < -0.4 is 23.7 Å². The predicted octanol–water partition coefficient (Wildman–Crippen LogP) is 7.73. The topological polar surface area (TPSA) is 89.5 Å². The Morgan fingerprint density at radius 1 is 0.674 bits per heavy atom. The number of ether oxygens (including phenoxy) is 6. The third kappa shape index (κ3) is 12.1. The summed E-state index contributed by atoms with van der Waals surface area (Å²) in [6.45, 7) is 9.08. The van der Waals surface area contributed by atoms with Gasteiger partial charge in [-0.2, -0.15) is 0 Å². The smallest absolute Gasteiger partial charge is 0.343 e. The van der Waals surface area contributed by atoms with Crippen molar-refractivity contribution in [3.05, 3.63) is 90.5 Å². The van der Waals surface area contributed by atoms with Crippen molar-refractivity contribution in [1.82, 2.24) is 0 Å². The SMILES string of the molecule is C=CC(=O)OCCCCOc1ccc(C(=O)Oc2ccc(OCOc3ccc(OCCCCCC)cc3)cc2CC)cc1. The van der Waals surface area contributed by atoms with E-state index in [1.54, 1.807) is 36.4 Å². The molecule has 0 saturated heterocycles. The first-order valence-electron chi connectivity index (χ1n) is 14.9. The van der Waals surface area contributed by atoms with Gasteiger partial charge < -0.3 is 28.4 Å². The van der Waals surface area contributed by atoms with E-state index < -0.39 is 11.9 Å². The number of rotatable bonds is 20. The van der Waals surface area contributed by atoms with Crippen molar-refractivity contribution < 1.29 is 38.0 Å². The molecule has 3 aromatic carbocycles. The third-order valence-electron chi connectivity index (χ3n) is 6.47. The molecule has 0 aliphatic heterocycles. The Kier molecular flexibility index (Phi) is 14.5. The molecule has 0 bridgehead atoms. The van der Waals surface area contributed by atoms with Crippen molar-refractivity contribution in [2.45, 2.75) is 58.8 Å². The molecule has 0 N–H and O–H groups in total. The molecule has 8 heteroatoms. The van der Waals surface area contributed by atoms with E-state index in [2.05, 4.69) is 13.5 Å². The van der Waals surface area contributed by atoms with E-state index >= 15 is 0 Å². The fourth-order valence-corrected chi connectivity index (χ4v) is 4.01. The fourth-order valence-electron chi connectivity index (χ4n) is 4.01. The molecular weight excluding hydrogens is 548 g/mol. The summed E-state index contributed by atoms with van der Waals surface area (Å²) in [6.07, 6.45) is 7.88. The zero-order valence-electron chi connectivity index (χ0n) is 25.2. The van der Waals surface area contributed by atoms with Gasteiger partial charge in [0.05, 0.1) is 25.4 Å². The van der Waals surface area contributed by atoms with Crippen molar-refractivity contribution in [2.75, 3.05) is 26.6 Å². The monoisotopic (exact) mass is 590 g/mol. The summed E-state index contributed by atoms with van der Waals surface area (Å²) in [5.41, 5.74) is 1.25. The first-order valence-corrected chi connectivity index (χ1v) is 14.9. The largest absolute Gasteiger partial charge is 0.494 e. The van der Waals surface area contributed by atoms with E-state index in [1.807, 2.05) is 37.3 Å². The van der Waals surface area contributed by atoms with Crippen LogP contribution in [-0.4, -0.2) is 38.6 Å². The van der Waals surface area contributed by atoms with E-state index in [4.69, 9.17) is 28.4 Å². The maximum absolute atomic E-state index is 12.8. The molecule has 0 atom stereocenters. The van der Waals surface area contributed by atoms with Gasteiger partial charge in [0.25, 0.3) is 0 Å². The van der Waals surface area contributed by atoms with Gasteiger partial charge in [-0.15, -0.1) is 0 Å². The second-order valence-corrected chi connectivity index (χ2v) is 9.75. The molecule has 230 valence electrons. The lowest BCUT2D eigenvalue weighted by atomic mass is 10.1. The van der Waals surface area contributed by atoms with Gasteiger partial charge in [0.15, 0.2) is 0 Å². The van der Waals surface area contributed by atoms with Crippen molar-refractivity contribution in [1.29, 1.82) is 0 Å². The number of esters is 2. The van der Waals surface area contributed by atoms with E-state index in [0.717, 1.165) is 36.8 Å². The lowest BCUT2D eigenvalue weighted by Crippen LogP contribution is -2.10. The summed E-state index contributed by atoms with van der Waals surface area (Å²) in [5.74, 6) is 2.34. The van der Waals surface area contributed by atoms with Crippen molar-refractivity contribution in [3.8, 4) is 28.7 Å². The van der Waals surface area contributed by atoms with Crippen LogP contribution in [0.4, 0.5) is 0 Å². The Morgan fingerprint density at radius 3 is 1.86 bits per heavy atom. The lowest BCUT2D eigenvalue weighted by molar-refractivity contribution is -0.137. The number of aryl methyl sites for hydroxylation is 1. The highest BCUT2D eigenvalue weighted by Gasteiger charge is 2.13. The van der Waals surface area contributed by atoms with Crippen LogP contribution in [0.1, 0.15) is 68.3 Å². The molecule has 0 unspecified atom stereocenters. The molecule has 0 fully saturated rings. The van der Waals surface area contributed by atoms with E-state index in [9.17, 15) is 9.59 Å². The summed E-state index contributed by atoms with van der Waals surface area (Å²) < 4.78 is 33.6. The molecule has 0 aliphatic carbocycles. The van der Waals surface area contributed by atoms with Crippen LogP contribution in [0.15, 0.2) is 79.4 Å². The van der Waals surface area contributed by atoms with Gasteiger partial charge in [-0.25, -0.2) is 9.59 Å². The van der Waals surface area contributed by atoms with Crippen molar-refractivity contribution >= 4 is 11.9 Å². The van der Waals surface area contributed by atoms with Crippen molar-refractivity contribution in [3.63, 3.8) is 0 Å². The van der Waals surface area contributed by atoms with Crippen LogP contribution in [-0.2, 0) is 16.0 Å². The minimum Gasteiger partial charge on any atom is -0.494 e. The molecule has 0 heterocycles. The highest BCUT2D eigenvalue weighted by molar-refractivity contribution is 5.91. The van der Waals surface area contributed by atoms with Gasteiger partial charge >= 0.3 is 11.9 Å². The van der Waals surface area contributed by atoms with Crippen LogP contribution >= 0.6 is 0 Å². The van der Waals surface area contributed by atoms with Crippen molar-refractivity contribution in [2.24, 2.45) is 0 Å². The van der Waals surface area contributed by atoms with Crippen LogP contribution in [0, 0.1) is 0 Å². The first-order chi connectivity index (χ1) is 21.0. The molecule has 8 nitrogen and oxygen atoms in total. The number of carbonyl (C=O) groups is 2. The van der Waals surface area contributed by atoms with Gasteiger partial charge in [0.1, 0.15) is 28.7 Å². The highest BCUT2D eigenvalue weighted by atomic mass is 16.7. The Labute approximate surface area is 254 Å². The van der Waals surface area contributed by atoms with E-state index in [1.165, 1.54) is 19.3 Å². The van der Waals surface area contributed by atoms with Gasteiger partial charge in [-0.1, -0.05) is 39.7 Å². The average Bonchev–Trinajstić information content (AvgIpc) is 3.04. The maximum atomic E-state index is 12.8. The predicted molar refractivity (Wildman–Crippen MR) is 165 cm³/mol. The van der Waals surface area contributed by atoms with Crippen LogP contribution in [0.25, 0.3) is 0 Å². The average molecular weight is 591 g/mol. The molecule has 3 rings (SSSR count). The molecule has 3 aromatic rings. The Balaban J connectivity index is 1.41. The standard InChI is InChI=1S/C35H42O8/c1-4-7-8-9-22-38-30-16-18-31(19-17-30)41-26-42-32-20-21-33(27(5-2)25-32)43-35(37)28-12-14-29(15-13-28)39-23-10-11-24-40-34(36)6-3/h6,12-21,25H,3-5,7-11,22-24,26H2,1-2H3. The normalized spacial score (nSPS) is 10.5. The van der Waals surface area contributed by atoms with Gasteiger partial charge in [-0.3, -0.25) is 0 Å². The van der Waals surface area contributed by atoms with Gasteiger partial charge in [-0.05, 0) is 98.0 Å². The lowest BCUT2D eigenvalue weighted by Gasteiger charge is -2.13. The summed E-state index contributed by atoms with van der Waals surface area (Å²) in [7, 11) is 0. The zero-order chi connectivity index (χ0) is 30.7. The van der Waals surface area contributed by atoms with Crippen LogP contribution in [0.3, 0.4) is 0 Å². The number of unbranched alkanes of at least 4 members (excludes halogenated alkanes) is 4. The minimum absolute atomic E-state index is 0.0384. The van der Waals surface area contributed by atoms with Gasteiger partial charge in [0, 0.05) is 6.08 Å². The van der Waals surface area contributed by atoms with E-state index in [-0.39, 0.29) is 6.79 Å². The summed E-state index contributed by atoms with van der Waals surface area (Å²) in [5, 5.41) is 0. The number of benzene rings is 3. The van der Waals surface area contributed by atoms with E-state index in [0.29, 0.717) is 54.6 Å². The third-order valence-corrected chi connectivity index (χ3v) is 6.47. The maximum Gasteiger partial charge on any atom is 0.343 e. The molecule has 0 amide bonds. The number of hydrogen-bond acceptors (Lipinski definition) is 8. The molecular formula is C35H42O8. The van der Waals surface area contributed by atoms with Crippen LogP contribution in [0.2, 0.25) is 0 Å². The molecule has 0 aliphatic rings. The second-order valence-electron chi connectivity index (χ2n) is 9.75. The zero-order valence-corrected chi connectivity index (χ0v) is 25.2. The Hall–Kier alpha value is -4.46. The van der Waals surface area contributed by atoms with Crippen LogP contribution in [0.5, 0.6) is 28.7 Å². The fraction of sp³-hybridized carbons (Fsp3) is 0.371. The number of carbonyl (C=O) groups excluding carboxylic acids is 2. The summed E-state index contributed by atoms with van der Waals surface area (Å²) in [6, 6.07) is 19.6. The molecule has 0 aromatic heterocycles. The number of hydrogen-bond donors (Lipinski definition) is 0. The Morgan fingerprint density at radius 2 is 1.23 bits per heavy atom. The summed E-state index contributed by atoms with van der Waals surface area (Å²) in [4.78, 5) is 23.8. The second kappa shape index (κ2) is 18.9. The quantitative estimate of drug-likeness (QED) is 0.0434. The van der Waals surface area contributed by atoms with Gasteiger partial charge in [0.2, 0.25) is 6.79 Å². The molecule has 0 radical (unpaired) electrons. The molecule has 0 saturated carbocycles.